The Bertz CT molecular complexity index is 400. The highest BCUT2D eigenvalue weighted by Crippen LogP contribution is 2.41. The molecule has 0 amide bonds. The predicted molar refractivity (Wildman–Crippen MR) is 77.2 cm³/mol. The van der Waals surface area contributed by atoms with Gasteiger partial charge >= 0.3 is 0 Å². The van der Waals surface area contributed by atoms with E-state index < -0.39 is 0 Å². The van der Waals surface area contributed by atoms with E-state index in [2.05, 4.69) is 39.9 Å². The van der Waals surface area contributed by atoms with Gasteiger partial charge in [0.1, 0.15) is 5.60 Å². The first kappa shape index (κ1) is 15.0. The van der Waals surface area contributed by atoms with Gasteiger partial charge in [0.15, 0.2) is 0 Å². The molecule has 5 heteroatoms. The SMILES string of the molecule is CCOC1(c2noc(C(Br)CC)n2)CCC(C)CC1. The molecule has 1 unspecified atom stereocenters. The lowest BCUT2D eigenvalue weighted by Gasteiger charge is -2.36. The molecule has 1 aromatic rings. The second kappa shape index (κ2) is 6.35. The lowest BCUT2D eigenvalue weighted by atomic mass is 9.79. The molecule has 19 heavy (non-hydrogen) atoms. The van der Waals surface area contributed by atoms with Gasteiger partial charge in [-0.1, -0.05) is 34.9 Å². The normalized spacial score (nSPS) is 29.4. The molecule has 0 spiro atoms. The molecule has 1 atom stereocenters. The van der Waals surface area contributed by atoms with Crippen molar-refractivity contribution >= 4 is 15.9 Å². The second-order valence-corrected chi connectivity index (χ2v) is 6.55. The highest BCUT2D eigenvalue weighted by Gasteiger charge is 2.41. The zero-order valence-corrected chi connectivity index (χ0v) is 13.6. The molecule has 0 bridgehead atoms. The molecular weight excluding hydrogens is 308 g/mol. The Morgan fingerprint density at radius 3 is 2.68 bits per heavy atom. The van der Waals surface area contributed by atoms with Gasteiger partial charge in [0.2, 0.25) is 11.7 Å². The van der Waals surface area contributed by atoms with Crippen molar-refractivity contribution in [3.8, 4) is 0 Å². The Balaban J connectivity index is 2.21. The molecule has 1 aliphatic rings. The Kier molecular flexibility index (Phi) is 5.01. The molecule has 0 N–H and O–H groups in total. The minimum Gasteiger partial charge on any atom is -0.367 e. The van der Waals surface area contributed by atoms with Crippen LogP contribution in [0.25, 0.3) is 0 Å². The molecule has 0 aliphatic heterocycles. The van der Waals surface area contributed by atoms with E-state index in [4.69, 9.17) is 9.26 Å². The summed E-state index contributed by atoms with van der Waals surface area (Å²) in [5, 5.41) is 4.18. The fraction of sp³-hybridized carbons (Fsp3) is 0.857. The van der Waals surface area contributed by atoms with Crippen molar-refractivity contribution in [3.63, 3.8) is 0 Å². The number of hydrogen-bond donors (Lipinski definition) is 0. The summed E-state index contributed by atoms with van der Waals surface area (Å²) in [7, 11) is 0. The van der Waals surface area contributed by atoms with E-state index >= 15 is 0 Å². The lowest BCUT2D eigenvalue weighted by molar-refractivity contribution is -0.0847. The minimum atomic E-state index is -0.330. The topological polar surface area (TPSA) is 48.2 Å². The van der Waals surface area contributed by atoms with E-state index in [9.17, 15) is 0 Å². The van der Waals surface area contributed by atoms with Crippen LogP contribution in [0, 0.1) is 5.92 Å². The van der Waals surface area contributed by atoms with Crippen molar-refractivity contribution in [2.75, 3.05) is 6.61 Å². The fourth-order valence-electron chi connectivity index (χ4n) is 2.66. The zero-order chi connectivity index (χ0) is 13.9. The molecule has 4 nitrogen and oxygen atoms in total. The Labute approximate surface area is 123 Å². The van der Waals surface area contributed by atoms with E-state index in [0.29, 0.717) is 12.5 Å². The molecule has 1 aliphatic carbocycles. The highest BCUT2D eigenvalue weighted by molar-refractivity contribution is 9.09. The van der Waals surface area contributed by atoms with Crippen LogP contribution in [0.15, 0.2) is 4.52 Å². The molecule has 1 heterocycles. The Morgan fingerprint density at radius 1 is 1.42 bits per heavy atom. The van der Waals surface area contributed by atoms with Crippen LogP contribution in [0.5, 0.6) is 0 Å². The summed E-state index contributed by atoms with van der Waals surface area (Å²) >= 11 is 3.55. The molecule has 0 aromatic carbocycles. The first-order valence-corrected chi connectivity index (χ1v) is 8.15. The third-order valence-corrected chi connectivity index (χ3v) is 5.02. The minimum absolute atomic E-state index is 0.134. The number of ether oxygens (including phenoxy) is 1. The predicted octanol–water partition coefficient (Wildman–Crippen LogP) is 4.36. The standard InChI is InChI=1S/C14H23BrN2O2/c1-4-11(15)12-16-13(17-19-12)14(18-5-2)8-6-10(3)7-9-14/h10-11H,4-9H2,1-3H3. The fourth-order valence-corrected chi connectivity index (χ4v) is 2.85. The van der Waals surface area contributed by atoms with Crippen LogP contribution in [-0.2, 0) is 10.3 Å². The van der Waals surface area contributed by atoms with E-state index in [0.717, 1.165) is 43.8 Å². The highest BCUT2D eigenvalue weighted by atomic mass is 79.9. The maximum absolute atomic E-state index is 6.03. The van der Waals surface area contributed by atoms with Gasteiger partial charge in [-0.15, -0.1) is 0 Å². The number of aromatic nitrogens is 2. The lowest BCUT2D eigenvalue weighted by Crippen LogP contribution is -2.35. The summed E-state index contributed by atoms with van der Waals surface area (Å²) < 4.78 is 11.4. The van der Waals surface area contributed by atoms with Crippen LogP contribution in [0.3, 0.4) is 0 Å². The summed E-state index contributed by atoms with van der Waals surface area (Å²) in [6, 6.07) is 0. The van der Waals surface area contributed by atoms with Crippen LogP contribution < -0.4 is 0 Å². The van der Waals surface area contributed by atoms with Gasteiger partial charge in [0.05, 0.1) is 4.83 Å². The summed E-state index contributed by atoms with van der Waals surface area (Å²) in [4.78, 5) is 4.71. The van der Waals surface area contributed by atoms with E-state index in [1.165, 1.54) is 0 Å². The summed E-state index contributed by atoms with van der Waals surface area (Å²) in [5.74, 6) is 2.16. The monoisotopic (exact) mass is 330 g/mol. The molecule has 1 fully saturated rings. The van der Waals surface area contributed by atoms with Crippen molar-refractivity contribution in [2.24, 2.45) is 5.92 Å². The summed E-state index contributed by atoms with van der Waals surface area (Å²) in [6.07, 6.45) is 5.23. The van der Waals surface area contributed by atoms with Crippen LogP contribution in [0.4, 0.5) is 0 Å². The van der Waals surface area contributed by atoms with Gasteiger partial charge in [0, 0.05) is 6.61 Å². The third-order valence-electron chi connectivity index (χ3n) is 3.98. The number of nitrogens with zero attached hydrogens (tertiary/aromatic N) is 2. The molecule has 108 valence electrons. The maximum Gasteiger partial charge on any atom is 0.240 e. The quantitative estimate of drug-likeness (QED) is 0.752. The van der Waals surface area contributed by atoms with Gasteiger partial charge < -0.3 is 9.26 Å². The molecule has 0 radical (unpaired) electrons. The second-order valence-electron chi connectivity index (χ2n) is 5.44. The van der Waals surface area contributed by atoms with Gasteiger partial charge in [-0.3, -0.25) is 0 Å². The largest absolute Gasteiger partial charge is 0.367 e. The van der Waals surface area contributed by atoms with Crippen LogP contribution in [0.2, 0.25) is 0 Å². The Hall–Kier alpha value is -0.420. The van der Waals surface area contributed by atoms with Crippen LogP contribution >= 0.6 is 15.9 Å². The number of alkyl halides is 1. The molecule has 1 aromatic heterocycles. The number of hydrogen-bond acceptors (Lipinski definition) is 4. The van der Waals surface area contributed by atoms with Gasteiger partial charge in [-0.2, -0.15) is 4.98 Å². The third kappa shape index (κ3) is 3.19. The maximum atomic E-state index is 6.03. The first-order chi connectivity index (χ1) is 9.11. The van der Waals surface area contributed by atoms with Gasteiger partial charge in [0.25, 0.3) is 0 Å². The zero-order valence-electron chi connectivity index (χ0n) is 12.0. The summed E-state index contributed by atoms with van der Waals surface area (Å²) in [5.41, 5.74) is -0.330. The molecular formula is C14H23BrN2O2. The van der Waals surface area contributed by atoms with E-state index in [1.54, 1.807) is 0 Å². The molecule has 1 saturated carbocycles. The van der Waals surface area contributed by atoms with Gasteiger partial charge in [-0.25, -0.2) is 0 Å². The average molecular weight is 331 g/mol. The van der Waals surface area contributed by atoms with E-state index in [-0.39, 0.29) is 10.4 Å². The first-order valence-electron chi connectivity index (χ1n) is 7.23. The van der Waals surface area contributed by atoms with Crippen molar-refractivity contribution in [1.82, 2.24) is 10.1 Å². The van der Waals surface area contributed by atoms with Crippen molar-refractivity contribution in [3.05, 3.63) is 11.7 Å². The van der Waals surface area contributed by atoms with Crippen LogP contribution in [0.1, 0.15) is 69.4 Å². The van der Waals surface area contributed by atoms with E-state index in [1.807, 2.05) is 6.92 Å². The number of rotatable bonds is 5. The summed E-state index contributed by atoms with van der Waals surface area (Å²) in [6.45, 7) is 7.09. The average Bonchev–Trinajstić information content (AvgIpc) is 2.91. The van der Waals surface area contributed by atoms with Crippen molar-refractivity contribution in [2.45, 2.75) is 63.3 Å². The van der Waals surface area contributed by atoms with Crippen molar-refractivity contribution in [1.29, 1.82) is 0 Å². The smallest absolute Gasteiger partial charge is 0.240 e. The number of halogens is 1. The van der Waals surface area contributed by atoms with Crippen molar-refractivity contribution < 1.29 is 9.26 Å². The molecule has 2 rings (SSSR count). The Morgan fingerprint density at radius 2 is 2.11 bits per heavy atom. The molecule has 0 saturated heterocycles. The van der Waals surface area contributed by atoms with Gasteiger partial charge in [-0.05, 0) is 44.9 Å². The van der Waals surface area contributed by atoms with Crippen LogP contribution in [-0.4, -0.2) is 16.7 Å².